The van der Waals surface area contributed by atoms with Crippen LogP contribution in [0.3, 0.4) is 0 Å². The van der Waals surface area contributed by atoms with Gasteiger partial charge < -0.3 is 5.32 Å². The SMILES string of the molecule is CCc1nc(C)c(C(=O)NCCN2C(=O)CSC2=O)s1. The normalized spacial score (nSPS) is 15.0. The number of aryl methyl sites for hydroxylation is 2. The predicted octanol–water partition coefficient (Wildman–Crippen LogP) is 1.44. The van der Waals surface area contributed by atoms with Crippen molar-refractivity contribution in [3.05, 3.63) is 15.6 Å². The summed E-state index contributed by atoms with van der Waals surface area (Å²) < 4.78 is 0. The maximum absolute atomic E-state index is 12.0. The molecule has 1 aliphatic heterocycles. The molecular weight excluding hydrogens is 298 g/mol. The summed E-state index contributed by atoms with van der Waals surface area (Å²) in [4.78, 5) is 40.8. The van der Waals surface area contributed by atoms with Crippen molar-refractivity contribution < 1.29 is 14.4 Å². The lowest BCUT2D eigenvalue weighted by molar-refractivity contribution is -0.124. The quantitative estimate of drug-likeness (QED) is 0.890. The third-order valence-electron chi connectivity index (χ3n) is 2.81. The summed E-state index contributed by atoms with van der Waals surface area (Å²) in [6, 6.07) is 0. The predicted molar refractivity (Wildman–Crippen MR) is 78.1 cm³/mol. The van der Waals surface area contributed by atoms with Crippen molar-refractivity contribution >= 4 is 40.2 Å². The van der Waals surface area contributed by atoms with Gasteiger partial charge in [0.25, 0.3) is 11.1 Å². The number of hydrogen-bond donors (Lipinski definition) is 1. The molecule has 1 N–H and O–H groups in total. The minimum atomic E-state index is -0.244. The van der Waals surface area contributed by atoms with Gasteiger partial charge in [-0.3, -0.25) is 19.3 Å². The zero-order valence-electron chi connectivity index (χ0n) is 11.3. The number of nitrogens with zero attached hydrogens (tertiary/aromatic N) is 2. The van der Waals surface area contributed by atoms with Gasteiger partial charge in [0, 0.05) is 13.1 Å². The molecule has 0 bridgehead atoms. The molecule has 1 aliphatic rings. The molecule has 0 aromatic carbocycles. The van der Waals surface area contributed by atoms with Crippen molar-refractivity contribution in [2.24, 2.45) is 0 Å². The van der Waals surface area contributed by atoms with Crippen LogP contribution in [-0.2, 0) is 11.2 Å². The molecule has 0 saturated carbocycles. The van der Waals surface area contributed by atoms with E-state index in [-0.39, 0.29) is 35.9 Å². The second-order valence-electron chi connectivity index (χ2n) is 4.23. The van der Waals surface area contributed by atoms with Crippen LogP contribution in [0.5, 0.6) is 0 Å². The van der Waals surface area contributed by atoms with E-state index in [4.69, 9.17) is 0 Å². The number of carbonyl (C=O) groups is 3. The number of rotatable bonds is 5. The highest BCUT2D eigenvalue weighted by Gasteiger charge is 2.29. The molecule has 2 heterocycles. The summed E-state index contributed by atoms with van der Waals surface area (Å²) in [6.07, 6.45) is 0.798. The van der Waals surface area contributed by atoms with Gasteiger partial charge in [0.15, 0.2) is 0 Å². The van der Waals surface area contributed by atoms with Gasteiger partial charge >= 0.3 is 0 Å². The van der Waals surface area contributed by atoms with Crippen molar-refractivity contribution in [2.45, 2.75) is 20.3 Å². The van der Waals surface area contributed by atoms with Crippen LogP contribution in [-0.4, -0.2) is 45.8 Å². The van der Waals surface area contributed by atoms with Gasteiger partial charge in [-0.1, -0.05) is 18.7 Å². The molecule has 108 valence electrons. The first-order chi connectivity index (χ1) is 9.52. The third kappa shape index (κ3) is 3.18. The molecule has 0 atom stereocenters. The average Bonchev–Trinajstić information content (AvgIpc) is 2.95. The van der Waals surface area contributed by atoms with E-state index in [2.05, 4.69) is 10.3 Å². The highest BCUT2D eigenvalue weighted by molar-refractivity contribution is 8.14. The van der Waals surface area contributed by atoms with Crippen LogP contribution in [0.4, 0.5) is 4.79 Å². The fourth-order valence-electron chi connectivity index (χ4n) is 1.77. The zero-order valence-corrected chi connectivity index (χ0v) is 12.9. The largest absolute Gasteiger partial charge is 0.349 e. The standard InChI is InChI=1S/C12H15N3O3S2/c1-3-8-14-7(2)10(20-8)11(17)13-4-5-15-9(16)6-19-12(15)18/h3-6H2,1-2H3,(H,13,17). The van der Waals surface area contributed by atoms with Crippen LogP contribution in [0.25, 0.3) is 0 Å². The average molecular weight is 313 g/mol. The van der Waals surface area contributed by atoms with E-state index >= 15 is 0 Å². The number of imide groups is 1. The lowest BCUT2D eigenvalue weighted by Gasteiger charge is -2.12. The molecule has 20 heavy (non-hydrogen) atoms. The summed E-state index contributed by atoms with van der Waals surface area (Å²) in [7, 11) is 0. The molecule has 6 nitrogen and oxygen atoms in total. The Labute approximate surface area is 124 Å². The summed E-state index contributed by atoms with van der Waals surface area (Å²) in [5, 5.41) is 3.40. The van der Waals surface area contributed by atoms with Crippen LogP contribution in [0.2, 0.25) is 0 Å². The maximum Gasteiger partial charge on any atom is 0.288 e. The van der Waals surface area contributed by atoms with E-state index in [1.54, 1.807) is 6.92 Å². The maximum atomic E-state index is 12.0. The number of carbonyl (C=O) groups excluding carboxylic acids is 3. The van der Waals surface area contributed by atoms with E-state index in [0.29, 0.717) is 10.6 Å². The Kier molecular flexibility index (Phi) is 4.77. The van der Waals surface area contributed by atoms with E-state index in [0.717, 1.165) is 23.2 Å². The van der Waals surface area contributed by atoms with E-state index in [1.807, 2.05) is 6.92 Å². The molecule has 0 aliphatic carbocycles. The Hall–Kier alpha value is -1.41. The van der Waals surface area contributed by atoms with Crippen LogP contribution >= 0.6 is 23.1 Å². The summed E-state index contributed by atoms with van der Waals surface area (Å²) in [5.41, 5.74) is 0.716. The van der Waals surface area contributed by atoms with E-state index in [1.165, 1.54) is 16.2 Å². The lowest BCUT2D eigenvalue weighted by atomic mass is 10.3. The van der Waals surface area contributed by atoms with Crippen molar-refractivity contribution in [3.63, 3.8) is 0 Å². The number of amides is 3. The molecule has 1 aromatic rings. The minimum absolute atomic E-state index is 0.195. The molecule has 1 saturated heterocycles. The first-order valence-corrected chi connectivity index (χ1v) is 8.04. The van der Waals surface area contributed by atoms with Crippen LogP contribution in [0.15, 0.2) is 0 Å². The summed E-state index contributed by atoms with van der Waals surface area (Å²) in [5.74, 6) is -0.205. The van der Waals surface area contributed by atoms with Crippen LogP contribution < -0.4 is 5.32 Å². The van der Waals surface area contributed by atoms with Crippen molar-refractivity contribution in [3.8, 4) is 0 Å². The number of nitrogens with one attached hydrogen (secondary N) is 1. The van der Waals surface area contributed by atoms with Crippen molar-refractivity contribution in [1.82, 2.24) is 15.2 Å². The molecule has 3 amide bonds. The van der Waals surface area contributed by atoms with Crippen LogP contribution in [0, 0.1) is 6.92 Å². The first kappa shape index (κ1) is 15.0. The Morgan fingerprint density at radius 1 is 1.45 bits per heavy atom. The molecule has 0 radical (unpaired) electrons. The fourth-order valence-corrected chi connectivity index (χ4v) is 3.45. The molecule has 0 spiro atoms. The monoisotopic (exact) mass is 313 g/mol. The number of thiazole rings is 1. The zero-order chi connectivity index (χ0) is 14.7. The minimum Gasteiger partial charge on any atom is -0.349 e. The molecule has 1 aromatic heterocycles. The smallest absolute Gasteiger partial charge is 0.288 e. The summed E-state index contributed by atoms with van der Waals surface area (Å²) >= 11 is 2.37. The number of thioether (sulfide) groups is 1. The summed E-state index contributed by atoms with van der Waals surface area (Å²) in [6.45, 7) is 4.27. The van der Waals surface area contributed by atoms with Gasteiger partial charge in [-0.2, -0.15) is 0 Å². The highest BCUT2D eigenvalue weighted by Crippen LogP contribution is 2.19. The second kappa shape index (κ2) is 6.36. The Morgan fingerprint density at radius 3 is 2.75 bits per heavy atom. The first-order valence-electron chi connectivity index (χ1n) is 6.24. The van der Waals surface area contributed by atoms with Crippen molar-refractivity contribution in [2.75, 3.05) is 18.8 Å². The van der Waals surface area contributed by atoms with Gasteiger partial charge in [0.1, 0.15) is 4.88 Å². The van der Waals surface area contributed by atoms with Gasteiger partial charge in [0.2, 0.25) is 5.91 Å². The molecule has 2 rings (SSSR count). The highest BCUT2D eigenvalue weighted by atomic mass is 32.2. The van der Waals surface area contributed by atoms with Gasteiger partial charge in [-0.05, 0) is 13.3 Å². The van der Waals surface area contributed by atoms with Gasteiger partial charge in [0.05, 0.1) is 16.5 Å². The van der Waals surface area contributed by atoms with Crippen LogP contribution in [0.1, 0.15) is 27.3 Å². The Morgan fingerprint density at radius 2 is 2.20 bits per heavy atom. The Balaban J connectivity index is 1.87. The second-order valence-corrected chi connectivity index (χ2v) is 6.24. The topological polar surface area (TPSA) is 79.4 Å². The van der Waals surface area contributed by atoms with Crippen molar-refractivity contribution in [1.29, 1.82) is 0 Å². The van der Waals surface area contributed by atoms with E-state index < -0.39 is 0 Å². The number of hydrogen-bond acceptors (Lipinski definition) is 6. The Bertz CT molecular complexity index is 540. The number of aromatic nitrogens is 1. The molecule has 8 heteroatoms. The van der Waals surface area contributed by atoms with E-state index in [9.17, 15) is 14.4 Å². The van der Waals surface area contributed by atoms with Gasteiger partial charge in [-0.25, -0.2) is 4.98 Å². The molecular formula is C12H15N3O3S2. The molecule has 1 fully saturated rings. The third-order valence-corrected chi connectivity index (χ3v) is 4.97. The fraction of sp³-hybridized carbons (Fsp3) is 0.500. The van der Waals surface area contributed by atoms with Gasteiger partial charge in [-0.15, -0.1) is 11.3 Å². The molecule has 0 unspecified atom stereocenters. The lowest BCUT2D eigenvalue weighted by Crippen LogP contribution is -2.37.